The zero-order chi connectivity index (χ0) is 40.2. The first kappa shape index (κ1) is 34.9. The minimum Gasteiger partial charge on any atom is -0.399 e. The second-order valence-electron chi connectivity index (χ2n) is 17.1. The van der Waals surface area contributed by atoms with Crippen LogP contribution in [0.1, 0.15) is 81.3 Å². The van der Waals surface area contributed by atoms with Crippen LogP contribution in [-0.2, 0) is 10.8 Å². The van der Waals surface area contributed by atoms with Crippen molar-refractivity contribution in [1.29, 1.82) is 0 Å². The van der Waals surface area contributed by atoms with E-state index in [2.05, 4.69) is 183 Å². The van der Waals surface area contributed by atoms with Crippen LogP contribution >= 0.6 is 0 Å². The molecule has 0 saturated carbocycles. The molecule has 6 aromatic rings. The highest BCUT2D eigenvalue weighted by Crippen LogP contribution is 2.69. The average molecular weight is 766 g/mol. The maximum absolute atomic E-state index is 6.22. The van der Waals surface area contributed by atoms with E-state index in [0.717, 1.165) is 18.5 Å². The monoisotopic (exact) mass is 765 g/mol. The average Bonchev–Trinajstić information content (AvgIpc) is 3.76. The predicted octanol–water partition coefficient (Wildman–Crippen LogP) is 13.2. The van der Waals surface area contributed by atoms with Gasteiger partial charge >= 0.3 is 0 Å². The third-order valence-electron chi connectivity index (χ3n) is 14.6. The van der Waals surface area contributed by atoms with E-state index in [4.69, 9.17) is 12.2 Å². The number of nitrogen functional groups attached to an aromatic ring is 1. The highest BCUT2D eigenvalue weighted by Gasteiger charge is 2.60. The molecule has 3 atom stereocenters. The van der Waals surface area contributed by atoms with Gasteiger partial charge in [0.15, 0.2) is 0 Å². The van der Waals surface area contributed by atoms with Gasteiger partial charge in [-0.2, -0.15) is 0 Å². The topological polar surface area (TPSA) is 26.0 Å². The molecule has 0 saturated heterocycles. The molecular formula is C59H43N. The van der Waals surface area contributed by atoms with Crippen molar-refractivity contribution in [2.45, 2.75) is 36.5 Å². The van der Waals surface area contributed by atoms with E-state index in [1.807, 2.05) is 18.2 Å². The number of nitrogens with two attached hydrogens (primary N) is 1. The molecule has 0 radical (unpaired) electrons. The lowest BCUT2D eigenvalue weighted by Gasteiger charge is -2.50. The van der Waals surface area contributed by atoms with E-state index >= 15 is 0 Å². The standard InChI is InChI=1S/C59H43N/c1-3-4-17-41-37(2)56(38-30-33-40(60)34-31-38)46-22-5-6-23-47(46)57(41)39-32-35-54-55(36-39)59(50-26-13-9-20-44(50)45-21-10-14-27-51(45)59)53-29-16-15-28-52(53)58(54)48-24-11-7-18-42(48)43-19-8-12-25-49(43)58/h1,4-20,22,24-36,45,47H,21,23,60H2,2H3/b17-4-. The zero-order valence-corrected chi connectivity index (χ0v) is 33.6. The summed E-state index contributed by atoms with van der Waals surface area (Å²) in [4.78, 5) is 0. The van der Waals surface area contributed by atoms with E-state index in [0.29, 0.717) is 5.92 Å². The first-order valence-corrected chi connectivity index (χ1v) is 21.3. The fourth-order valence-electron chi connectivity index (χ4n) is 12.4. The number of fused-ring (bicyclic) bond motifs is 17. The van der Waals surface area contributed by atoms with Crippen molar-refractivity contribution in [2.24, 2.45) is 5.92 Å². The normalized spacial score (nSPS) is 22.1. The SMILES string of the molecule is C#C/C=C\C1=C(c2ccc3c(c2)C2(C4=CC=CCC4c4ccccc42)c2ccccc2C32c3ccccc3-c3ccccc32)C2CC=CC=C2C(c2ccc(N)cc2)=C1C. The van der Waals surface area contributed by atoms with Crippen LogP contribution in [-0.4, -0.2) is 0 Å². The molecule has 12 rings (SSSR count). The van der Waals surface area contributed by atoms with Crippen molar-refractivity contribution >= 4 is 16.8 Å². The summed E-state index contributed by atoms with van der Waals surface area (Å²) in [6, 6.07) is 53.0. The van der Waals surface area contributed by atoms with Gasteiger partial charge < -0.3 is 5.73 Å². The second-order valence-corrected chi connectivity index (χ2v) is 17.1. The molecule has 0 fully saturated rings. The Bertz CT molecular complexity index is 3080. The summed E-state index contributed by atoms with van der Waals surface area (Å²) >= 11 is 0. The molecule has 0 heterocycles. The number of rotatable bonds is 3. The van der Waals surface area contributed by atoms with Crippen molar-refractivity contribution in [3.63, 3.8) is 0 Å². The van der Waals surface area contributed by atoms with Crippen LogP contribution < -0.4 is 5.73 Å². The molecule has 6 aliphatic rings. The molecule has 1 heteroatoms. The van der Waals surface area contributed by atoms with Gasteiger partial charge in [-0.3, -0.25) is 0 Å². The number of anilines is 1. The molecule has 0 amide bonds. The van der Waals surface area contributed by atoms with Crippen LogP contribution in [0.5, 0.6) is 0 Å². The Morgan fingerprint density at radius 1 is 0.600 bits per heavy atom. The van der Waals surface area contributed by atoms with E-state index in [1.54, 1.807) is 0 Å². The first-order chi connectivity index (χ1) is 29.6. The van der Waals surface area contributed by atoms with E-state index in [1.165, 1.54) is 100 Å². The van der Waals surface area contributed by atoms with Gasteiger partial charge in [-0.1, -0.05) is 164 Å². The lowest BCUT2D eigenvalue weighted by atomic mass is 9.51. The van der Waals surface area contributed by atoms with Crippen LogP contribution in [0.15, 0.2) is 210 Å². The Balaban J connectivity index is 1.23. The van der Waals surface area contributed by atoms with Gasteiger partial charge in [-0.05, 0) is 150 Å². The van der Waals surface area contributed by atoms with Crippen molar-refractivity contribution in [3.8, 4) is 23.5 Å². The highest BCUT2D eigenvalue weighted by molar-refractivity contribution is 5.98. The Morgan fingerprint density at radius 3 is 1.90 bits per heavy atom. The summed E-state index contributed by atoms with van der Waals surface area (Å²) in [5.41, 5.74) is 29.9. The molecule has 1 nitrogen and oxygen atoms in total. The number of hydrogen-bond donors (Lipinski definition) is 1. The van der Waals surface area contributed by atoms with Gasteiger partial charge in [0.25, 0.3) is 0 Å². The van der Waals surface area contributed by atoms with Crippen molar-refractivity contribution in [1.82, 2.24) is 0 Å². The van der Waals surface area contributed by atoms with Crippen LogP contribution in [0.25, 0.3) is 22.3 Å². The summed E-state index contributed by atoms with van der Waals surface area (Å²) < 4.78 is 0. The van der Waals surface area contributed by atoms with Crippen LogP contribution in [0.2, 0.25) is 0 Å². The molecule has 2 spiro atoms. The summed E-state index contributed by atoms with van der Waals surface area (Å²) in [5.74, 6) is 3.27. The van der Waals surface area contributed by atoms with Gasteiger partial charge in [0.05, 0.1) is 10.8 Å². The second kappa shape index (κ2) is 12.9. The molecule has 6 aromatic carbocycles. The first-order valence-electron chi connectivity index (χ1n) is 21.3. The smallest absolute Gasteiger partial charge is 0.0720 e. The summed E-state index contributed by atoms with van der Waals surface area (Å²) in [6.45, 7) is 2.27. The molecule has 0 aromatic heterocycles. The maximum atomic E-state index is 6.22. The van der Waals surface area contributed by atoms with Gasteiger partial charge in [0.1, 0.15) is 0 Å². The van der Waals surface area contributed by atoms with E-state index < -0.39 is 10.8 Å². The molecular weight excluding hydrogens is 723 g/mol. The van der Waals surface area contributed by atoms with Crippen molar-refractivity contribution in [2.75, 3.05) is 5.73 Å². The van der Waals surface area contributed by atoms with Crippen molar-refractivity contribution in [3.05, 3.63) is 266 Å². The lowest BCUT2D eigenvalue weighted by Crippen LogP contribution is -2.44. The van der Waals surface area contributed by atoms with Gasteiger partial charge in [-0.15, -0.1) is 6.42 Å². The quantitative estimate of drug-likeness (QED) is 0.141. The van der Waals surface area contributed by atoms with Gasteiger partial charge in [-0.25, -0.2) is 0 Å². The minimum atomic E-state index is -0.509. The summed E-state index contributed by atoms with van der Waals surface area (Å²) in [6.07, 6.45) is 26.0. The molecule has 60 heavy (non-hydrogen) atoms. The van der Waals surface area contributed by atoms with Gasteiger partial charge in [0.2, 0.25) is 0 Å². The molecule has 0 bridgehead atoms. The largest absolute Gasteiger partial charge is 0.399 e. The number of allylic oxidation sites excluding steroid dienone is 14. The summed E-state index contributed by atoms with van der Waals surface area (Å²) in [5, 5.41) is 0. The van der Waals surface area contributed by atoms with Gasteiger partial charge in [0, 0.05) is 17.5 Å². The number of benzene rings is 6. The molecule has 3 unspecified atom stereocenters. The minimum absolute atomic E-state index is 0.135. The Kier molecular flexibility index (Phi) is 7.51. The Labute approximate surface area is 353 Å². The highest BCUT2D eigenvalue weighted by atomic mass is 14.6. The zero-order valence-electron chi connectivity index (χ0n) is 33.6. The van der Waals surface area contributed by atoms with E-state index in [-0.39, 0.29) is 5.92 Å². The van der Waals surface area contributed by atoms with Crippen LogP contribution in [0, 0.1) is 18.3 Å². The fourth-order valence-corrected chi connectivity index (χ4v) is 12.4. The molecule has 0 aliphatic heterocycles. The van der Waals surface area contributed by atoms with Crippen LogP contribution in [0.4, 0.5) is 5.69 Å². The third-order valence-corrected chi connectivity index (χ3v) is 14.6. The fraction of sp³-hybridized carbons (Fsp3) is 0.119. The van der Waals surface area contributed by atoms with Crippen LogP contribution in [0.3, 0.4) is 0 Å². The lowest BCUT2D eigenvalue weighted by molar-refractivity contribution is 0.608. The van der Waals surface area contributed by atoms with E-state index in [9.17, 15) is 0 Å². The number of terminal acetylenes is 1. The predicted molar refractivity (Wildman–Crippen MR) is 248 cm³/mol. The van der Waals surface area contributed by atoms with Crippen molar-refractivity contribution < 1.29 is 0 Å². The molecule has 2 N–H and O–H groups in total. The Hall–Kier alpha value is -7.14. The molecule has 6 aliphatic carbocycles. The Morgan fingerprint density at radius 2 is 1.18 bits per heavy atom. The number of hydrogen-bond acceptors (Lipinski definition) is 1. The summed E-state index contributed by atoms with van der Waals surface area (Å²) in [7, 11) is 0. The third kappa shape index (κ3) is 4.38. The molecule has 284 valence electrons. The maximum Gasteiger partial charge on any atom is 0.0720 e.